The van der Waals surface area contributed by atoms with Gasteiger partial charge in [-0.1, -0.05) is 15.9 Å². The van der Waals surface area contributed by atoms with Crippen molar-refractivity contribution in [3.63, 3.8) is 0 Å². The lowest BCUT2D eigenvalue weighted by Crippen LogP contribution is -2.61. The quantitative estimate of drug-likeness (QED) is 0.423. The summed E-state index contributed by atoms with van der Waals surface area (Å²) in [5.74, 6) is -1.43. The Labute approximate surface area is 89.7 Å². The lowest BCUT2D eigenvalue weighted by Gasteiger charge is -2.36. The summed E-state index contributed by atoms with van der Waals surface area (Å²) in [5, 5.41) is 9.33. The third-order valence-electron chi connectivity index (χ3n) is 2.04. The van der Waals surface area contributed by atoms with Gasteiger partial charge in [-0.3, -0.25) is 4.79 Å². The summed E-state index contributed by atoms with van der Waals surface area (Å²) in [6.45, 7) is 1.94. The fourth-order valence-corrected chi connectivity index (χ4v) is 1.51. The van der Waals surface area contributed by atoms with Gasteiger partial charge in [-0.05, 0) is 12.5 Å². The zero-order valence-electron chi connectivity index (χ0n) is 7.66. The monoisotopic (exact) mass is 262 g/mol. The van der Waals surface area contributed by atoms with E-state index in [4.69, 9.17) is 10.8 Å². The van der Waals surface area contributed by atoms with E-state index in [0.29, 0.717) is 10.9 Å². The molecule has 14 heavy (non-hydrogen) atoms. The number of allylic oxidation sites excluding steroid dienone is 1. The van der Waals surface area contributed by atoms with Crippen molar-refractivity contribution in [2.75, 3.05) is 11.9 Å². The molecule has 0 aliphatic carbocycles. The molecule has 1 rings (SSSR count). The molecule has 1 aliphatic heterocycles. The highest BCUT2D eigenvalue weighted by atomic mass is 79.9. The van der Waals surface area contributed by atoms with Crippen LogP contribution in [0, 0.1) is 0 Å². The Bertz CT molecular complexity index is 314. The molecule has 1 atom stereocenters. The lowest BCUT2D eigenvalue weighted by atomic mass is 10.1. The molecule has 6 heteroatoms. The summed E-state index contributed by atoms with van der Waals surface area (Å²) in [6.07, 6.45) is 0. The number of β-lactam (4-membered cyclic amide) rings is 1. The van der Waals surface area contributed by atoms with Gasteiger partial charge in [0, 0.05) is 5.33 Å². The normalized spacial score (nSPS) is 22.9. The number of aliphatic carboxylic acids is 1. The average Bonchev–Trinajstić information content (AvgIpc) is 2.15. The lowest BCUT2D eigenvalue weighted by molar-refractivity contribution is -0.146. The van der Waals surface area contributed by atoms with Crippen molar-refractivity contribution >= 4 is 27.8 Å². The second-order valence-corrected chi connectivity index (χ2v) is 3.68. The van der Waals surface area contributed by atoms with Gasteiger partial charge in [-0.25, -0.2) is 4.79 Å². The second kappa shape index (κ2) is 4.10. The van der Waals surface area contributed by atoms with Crippen LogP contribution in [0.15, 0.2) is 11.3 Å². The highest BCUT2D eigenvalue weighted by Crippen LogP contribution is 2.20. The molecule has 0 aromatic heterocycles. The van der Waals surface area contributed by atoms with Gasteiger partial charge < -0.3 is 15.7 Å². The molecule has 1 aliphatic rings. The van der Waals surface area contributed by atoms with Crippen molar-refractivity contribution in [1.82, 2.24) is 4.90 Å². The van der Waals surface area contributed by atoms with Crippen LogP contribution >= 0.6 is 15.9 Å². The first-order chi connectivity index (χ1) is 6.49. The van der Waals surface area contributed by atoms with Crippen LogP contribution in [0.25, 0.3) is 0 Å². The van der Waals surface area contributed by atoms with Crippen molar-refractivity contribution < 1.29 is 14.7 Å². The van der Waals surface area contributed by atoms with Gasteiger partial charge in [0.05, 0.1) is 6.54 Å². The third kappa shape index (κ3) is 1.80. The van der Waals surface area contributed by atoms with E-state index in [-0.39, 0.29) is 18.1 Å². The molecule has 3 N–H and O–H groups in total. The molecular weight excluding hydrogens is 252 g/mol. The van der Waals surface area contributed by atoms with Crippen molar-refractivity contribution in [3.05, 3.63) is 11.3 Å². The van der Waals surface area contributed by atoms with Gasteiger partial charge >= 0.3 is 5.97 Å². The summed E-state index contributed by atoms with van der Waals surface area (Å²) in [6, 6.07) is -0.549. The summed E-state index contributed by atoms with van der Waals surface area (Å²) < 4.78 is 0. The third-order valence-corrected chi connectivity index (χ3v) is 2.88. The standard InChI is InChI=1S/C8H11BrN2O3/c1-4(2-9)6(8(13)14)11-3-5(10)7(11)12/h5H,2-3,10H2,1H3,(H,13,14). The van der Waals surface area contributed by atoms with Crippen molar-refractivity contribution in [2.24, 2.45) is 5.73 Å². The number of carbonyl (C=O) groups excluding carboxylic acids is 1. The molecule has 0 radical (unpaired) electrons. The van der Waals surface area contributed by atoms with Gasteiger partial charge in [0.2, 0.25) is 5.91 Å². The van der Waals surface area contributed by atoms with Gasteiger partial charge in [0.15, 0.2) is 0 Å². The Hall–Kier alpha value is -0.880. The molecule has 1 heterocycles. The predicted molar refractivity (Wildman–Crippen MR) is 53.8 cm³/mol. The zero-order valence-corrected chi connectivity index (χ0v) is 9.24. The van der Waals surface area contributed by atoms with E-state index in [1.54, 1.807) is 6.92 Å². The van der Waals surface area contributed by atoms with Crippen LogP contribution in [0.3, 0.4) is 0 Å². The SMILES string of the molecule is CC(CBr)=C(C(=O)O)N1CC(N)C1=O. The molecule has 78 valence electrons. The predicted octanol–water partition coefficient (Wildman–Crippen LogP) is -0.0906. The topological polar surface area (TPSA) is 83.6 Å². The summed E-state index contributed by atoms with van der Waals surface area (Å²) in [4.78, 5) is 23.3. The average molecular weight is 263 g/mol. The largest absolute Gasteiger partial charge is 0.477 e. The molecular formula is C8H11BrN2O3. The maximum atomic E-state index is 11.2. The fraction of sp³-hybridized carbons (Fsp3) is 0.500. The minimum atomic E-state index is -1.10. The number of likely N-dealkylation sites (tertiary alicyclic amines) is 1. The number of nitrogens with zero attached hydrogens (tertiary/aromatic N) is 1. The minimum Gasteiger partial charge on any atom is -0.477 e. The number of carboxylic acid groups (broad SMARTS) is 1. The van der Waals surface area contributed by atoms with Crippen molar-refractivity contribution in [2.45, 2.75) is 13.0 Å². The number of alkyl halides is 1. The molecule has 1 saturated heterocycles. The highest BCUT2D eigenvalue weighted by molar-refractivity contribution is 9.09. The minimum absolute atomic E-state index is 0.0357. The molecule has 0 saturated carbocycles. The summed E-state index contributed by atoms with van der Waals surface area (Å²) >= 11 is 3.15. The van der Waals surface area contributed by atoms with Gasteiger partial charge in [-0.15, -0.1) is 0 Å². The van der Waals surface area contributed by atoms with Crippen LogP contribution < -0.4 is 5.73 Å². The number of hydrogen-bond acceptors (Lipinski definition) is 3. The summed E-state index contributed by atoms with van der Waals surface area (Å²) in [7, 11) is 0. The number of nitrogens with two attached hydrogens (primary N) is 1. The van der Waals surface area contributed by atoms with E-state index in [1.165, 1.54) is 4.90 Å². The molecule has 0 spiro atoms. The Morgan fingerprint density at radius 1 is 1.79 bits per heavy atom. The van der Waals surface area contributed by atoms with Crippen LogP contribution in [0.4, 0.5) is 0 Å². The number of hydrogen-bond donors (Lipinski definition) is 2. The molecule has 1 fully saturated rings. The van der Waals surface area contributed by atoms with E-state index in [1.807, 2.05) is 0 Å². The Morgan fingerprint density at radius 3 is 2.64 bits per heavy atom. The molecule has 0 aromatic carbocycles. The Kier molecular flexibility index (Phi) is 3.28. The van der Waals surface area contributed by atoms with Gasteiger partial charge in [0.1, 0.15) is 11.7 Å². The van der Waals surface area contributed by atoms with Crippen LogP contribution in [0.2, 0.25) is 0 Å². The zero-order chi connectivity index (χ0) is 10.9. The first-order valence-electron chi connectivity index (χ1n) is 4.05. The molecule has 1 unspecified atom stereocenters. The number of carboxylic acids is 1. The number of carbonyl (C=O) groups is 2. The fourth-order valence-electron chi connectivity index (χ4n) is 1.25. The van der Waals surface area contributed by atoms with E-state index in [2.05, 4.69) is 15.9 Å². The second-order valence-electron chi connectivity index (χ2n) is 3.12. The van der Waals surface area contributed by atoms with Crippen LogP contribution in [-0.2, 0) is 9.59 Å². The molecule has 0 aromatic rings. The maximum Gasteiger partial charge on any atom is 0.352 e. The van der Waals surface area contributed by atoms with Crippen LogP contribution in [0.1, 0.15) is 6.92 Å². The van der Waals surface area contributed by atoms with Crippen LogP contribution in [-0.4, -0.2) is 39.8 Å². The van der Waals surface area contributed by atoms with Crippen molar-refractivity contribution in [3.8, 4) is 0 Å². The van der Waals surface area contributed by atoms with E-state index < -0.39 is 12.0 Å². The van der Waals surface area contributed by atoms with Crippen molar-refractivity contribution in [1.29, 1.82) is 0 Å². The molecule has 1 amide bonds. The Balaban J connectivity index is 2.92. The van der Waals surface area contributed by atoms with Gasteiger partial charge in [-0.2, -0.15) is 0 Å². The van der Waals surface area contributed by atoms with E-state index in [0.717, 1.165) is 0 Å². The smallest absolute Gasteiger partial charge is 0.352 e. The summed E-state index contributed by atoms with van der Waals surface area (Å²) in [5.41, 5.74) is 6.02. The number of halogens is 1. The van der Waals surface area contributed by atoms with E-state index >= 15 is 0 Å². The van der Waals surface area contributed by atoms with Gasteiger partial charge in [0.25, 0.3) is 0 Å². The first kappa shape index (κ1) is 11.2. The molecule has 0 bridgehead atoms. The highest BCUT2D eigenvalue weighted by Gasteiger charge is 2.38. The first-order valence-corrected chi connectivity index (χ1v) is 5.17. The Morgan fingerprint density at radius 2 is 2.36 bits per heavy atom. The molecule has 5 nitrogen and oxygen atoms in total. The number of amides is 1. The maximum absolute atomic E-state index is 11.2. The van der Waals surface area contributed by atoms with E-state index in [9.17, 15) is 9.59 Å². The van der Waals surface area contributed by atoms with Crippen LogP contribution in [0.5, 0.6) is 0 Å². The number of rotatable bonds is 3.